The first kappa shape index (κ1) is 19.3. The molecule has 2 atom stereocenters. The number of hydrogen-bond donors (Lipinski definition) is 2. The molecule has 2 unspecified atom stereocenters. The van der Waals surface area contributed by atoms with Gasteiger partial charge in [-0.1, -0.05) is 18.2 Å². The lowest BCUT2D eigenvalue weighted by molar-refractivity contribution is -0.124. The van der Waals surface area contributed by atoms with Gasteiger partial charge in [-0.2, -0.15) is 5.10 Å². The van der Waals surface area contributed by atoms with Gasteiger partial charge in [0.2, 0.25) is 5.91 Å². The second kappa shape index (κ2) is 7.45. The first-order chi connectivity index (χ1) is 11.4. The predicted molar refractivity (Wildman–Crippen MR) is 92.2 cm³/mol. The molecule has 0 aliphatic carbocycles. The number of rotatable bonds is 4. The highest BCUT2D eigenvalue weighted by molar-refractivity contribution is 5.85. The van der Waals surface area contributed by atoms with Crippen molar-refractivity contribution in [1.29, 1.82) is 0 Å². The molecule has 2 N–H and O–H groups in total. The van der Waals surface area contributed by atoms with E-state index in [4.69, 9.17) is 0 Å². The normalized spacial score (nSPS) is 20.0. The van der Waals surface area contributed by atoms with Crippen LogP contribution in [0.15, 0.2) is 35.3 Å². The molecule has 9 heteroatoms. The minimum absolute atomic E-state index is 0. The van der Waals surface area contributed by atoms with Crippen molar-refractivity contribution in [3.8, 4) is 0 Å². The predicted octanol–water partition coefficient (Wildman–Crippen LogP) is 1.32. The Morgan fingerprint density at radius 1 is 1.48 bits per heavy atom. The average Bonchev–Trinajstić information content (AvgIpc) is 2.90. The minimum Gasteiger partial charge on any atom is -0.350 e. The van der Waals surface area contributed by atoms with Crippen LogP contribution < -0.4 is 16.2 Å². The van der Waals surface area contributed by atoms with Gasteiger partial charge >= 0.3 is 0 Å². The number of aromatic nitrogens is 2. The third-order valence-corrected chi connectivity index (χ3v) is 4.02. The SMILES string of the molecule is CC(Cn1ncc2ccccc2c1=O)NC(=O)C1CC(F)(F)CN1.Cl. The molecule has 0 saturated carbocycles. The summed E-state index contributed by atoms with van der Waals surface area (Å²) in [4.78, 5) is 24.4. The van der Waals surface area contributed by atoms with Crippen molar-refractivity contribution >= 4 is 29.1 Å². The number of alkyl halides is 2. The molecule has 0 radical (unpaired) electrons. The van der Waals surface area contributed by atoms with Crippen molar-refractivity contribution in [2.75, 3.05) is 6.54 Å². The first-order valence-corrected chi connectivity index (χ1v) is 7.72. The van der Waals surface area contributed by atoms with Crippen LogP contribution in [0.1, 0.15) is 13.3 Å². The quantitative estimate of drug-likeness (QED) is 0.848. The van der Waals surface area contributed by atoms with Gasteiger partial charge in [0.25, 0.3) is 11.5 Å². The summed E-state index contributed by atoms with van der Waals surface area (Å²) in [5, 5.41) is 10.5. The van der Waals surface area contributed by atoms with E-state index in [9.17, 15) is 18.4 Å². The largest absolute Gasteiger partial charge is 0.350 e. The summed E-state index contributed by atoms with van der Waals surface area (Å²) < 4.78 is 27.6. The second-order valence-corrected chi connectivity index (χ2v) is 6.12. The summed E-state index contributed by atoms with van der Waals surface area (Å²) in [6.45, 7) is 1.37. The van der Waals surface area contributed by atoms with E-state index in [2.05, 4.69) is 15.7 Å². The van der Waals surface area contributed by atoms with Crippen LogP contribution in [0.25, 0.3) is 10.8 Å². The fourth-order valence-electron chi connectivity index (χ4n) is 2.81. The maximum atomic E-state index is 13.1. The molecule has 1 saturated heterocycles. The van der Waals surface area contributed by atoms with Gasteiger partial charge in [-0.05, 0) is 13.0 Å². The van der Waals surface area contributed by atoms with Crippen LogP contribution >= 0.6 is 12.4 Å². The molecule has 1 aromatic carbocycles. The molecule has 1 amide bonds. The van der Waals surface area contributed by atoms with E-state index in [1.807, 2.05) is 6.07 Å². The first-order valence-electron chi connectivity index (χ1n) is 7.72. The number of carbonyl (C=O) groups excluding carboxylic acids is 1. The Balaban J connectivity index is 0.00000225. The molecule has 1 fully saturated rings. The molecule has 0 bridgehead atoms. The van der Waals surface area contributed by atoms with Crippen LogP contribution in [0.2, 0.25) is 0 Å². The number of amides is 1. The molecule has 6 nitrogen and oxygen atoms in total. The van der Waals surface area contributed by atoms with Crippen LogP contribution in [-0.2, 0) is 11.3 Å². The highest BCUT2D eigenvalue weighted by atomic mass is 35.5. The van der Waals surface area contributed by atoms with E-state index in [0.29, 0.717) is 5.39 Å². The number of benzene rings is 1. The van der Waals surface area contributed by atoms with Crippen molar-refractivity contribution < 1.29 is 13.6 Å². The summed E-state index contributed by atoms with van der Waals surface area (Å²) in [7, 11) is 0. The highest BCUT2D eigenvalue weighted by Gasteiger charge is 2.42. The molecule has 0 spiro atoms. The van der Waals surface area contributed by atoms with Crippen molar-refractivity contribution in [2.24, 2.45) is 0 Å². The maximum absolute atomic E-state index is 13.1. The molecule has 1 aromatic heterocycles. The fourth-order valence-corrected chi connectivity index (χ4v) is 2.81. The lowest BCUT2D eigenvalue weighted by Gasteiger charge is -2.17. The van der Waals surface area contributed by atoms with Crippen molar-refractivity contribution in [2.45, 2.75) is 37.9 Å². The Hall–Kier alpha value is -2.06. The lowest BCUT2D eigenvalue weighted by Crippen LogP contribution is -2.46. The van der Waals surface area contributed by atoms with Crippen LogP contribution in [-0.4, -0.2) is 40.2 Å². The van der Waals surface area contributed by atoms with Crippen LogP contribution in [0, 0.1) is 0 Å². The van der Waals surface area contributed by atoms with E-state index < -0.39 is 36.9 Å². The third-order valence-electron chi connectivity index (χ3n) is 4.02. The smallest absolute Gasteiger partial charge is 0.274 e. The Morgan fingerprint density at radius 3 is 2.88 bits per heavy atom. The Morgan fingerprint density at radius 2 is 2.20 bits per heavy atom. The Labute approximate surface area is 149 Å². The van der Waals surface area contributed by atoms with Gasteiger partial charge in [-0.25, -0.2) is 13.5 Å². The van der Waals surface area contributed by atoms with E-state index in [1.54, 1.807) is 31.3 Å². The molecular weight excluding hydrogens is 354 g/mol. The second-order valence-electron chi connectivity index (χ2n) is 6.12. The molecule has 2 heterocycles. The number of hydrogen-bond acceptors (Lipinski definition) is 4. The van der Waals surface area contributed by atoms with Gasteiger partial charge in [-0.3, -0.25) is 14.9 Å². The van der Waals surface area contributed by atoms with E-state index >= 15 is 0 Å². The molecule has 136 valence electrons. The van der Waals surface area contributed by atoms with Gasteiger partial charge in [-0.15, -0.1) is 12.4 Å². The maximum Gasteiger partial charge on any atom is 0.274 e. The van der Waals surface area contributed by atoms with Crippen LogP contribution in [0.4, 0.5) is 8.78 Å². The fraction of sp³-hybridized carbons (Fsp3) is 0.438. The monoisotopic (exact) mass is 372 g/mol. The molecule has 25 heavy (non-hydrogen) atoms. The topological polar surface area (TPSA) is 76.0 Å². The van der Waals surface area contributed by atoms with E-state index in [1.165, 1.54) is 4.68 Å². The van der Waals surface area contributed by atoms with E-state index in [0.717, 1.165) is 5.39 Å². The summed E-state index contributed by atoms with van der Waals surface area (Å²) >= 11 is 0. The van der Waals surface area contributed by atoms with Crippen molar-refractivity contribution in [1.82, 2.24) is 20.4 Å². The van der Waals surface area contributed by atoms with Gasteiger partial charge < -0.3 is 5.32 Å². The van der Waals surface area contributed by atoms with Crippen molar-refractivity contribution in [3.63, 3.8) is 0 Å². The number of nitrogens with one attached hydrogen (secondary N) is 2. The minimum atomic E-state index is -2.86. The molecular formula is C16H19ClF2N4O2. The Bertz CT molecular complexity index is 827. The summed E-state index contributed by atoms with van der Waals surface area (Å²) in [6, 6.07) is 5.77. The number of nitrogens with zero attached hydrogens (tertiary/aromatic N) is 2. The molecule has 3 rings (SSSR count). The Kier molecular flexibility index (Phi) is 5.74. The number of carbonyl (C=O) groups is 1. The number of halogens is 3. The van der Waals surface area contributed by atoms with Gasteiger partial charge in [0.05, 0.1) is 30.7 Å². The summed E-state index contributed by atoms with van der Waals surface area (Å²) in [5.41, 5.74) is -0.250. The van der Waals surface area contributed by atoms with Gasteiger partial charge in [0, 0.05) is 17.8 Å². The van der Waals surface area contributed by atoms with Crippen LogP contribution in [0.3, 0.4) is 0 Å². The van der Waals surface area contributed by atoms with Crippen molar-refractivity contribution in [3.05, 3.63) is 40.8 Å². The molecule has 1 aliphatic heterocycles. The van der Waals surface area contributed by atoms with Gasteiger partial charge in [0.1, 0.15) is 0 Å². The van der Waals surface area contributed by atoms with Crippen LogP contribution in [0.5, 0.6) is 0 Å². The zero-order valence-electron chi connectivity index (χ0n) is 13.5. The zero-order valence-corrected chi connectivity index (χ0v) is 14.4. The standard InChI is InChI=1S/C16H18F2N4O2.ClH/c1-10(21-14(23)13-6-16(17,18)9-19-13)8-22-15(24)12-5-3-2-4-11(12)7-20-22;/h2-5,7,10,13,19H,6,8-9H2,1H3,(H,21,23);1H. The average molecular weight is 373 g/mol. The highest BCUT2D eigenvalue weighted by Crippen LogP contribution is 2.25. The number of fused-ring (bicyclic) bond motifs is 1. The third kappa shape index (κ3) is 4.32. The van der Waals surface area contributed by atoms with Gasteiger partial charge in [0.15, 0.2) is 0 Å². The van der Waals surface area contributed by atoms with E-state index in [-0.39, 0.29) is 24.5 Å². The molecule has 2 aromatic rings. The lowest BCUT2D eigenvalue weighted by atomic mass is 10.1. The zero-order chi connectivity index (χ0) is 17.3. The summed E-state index contributed by atoms with van der Waals surface area (Å²) in [6.07, 6.45) is 1.07. The summed E-state index contributed by atoms with van der Waals surface area (Å²) in [5.74, 6) is -3.35. The molecule has 1 aliphatic rings.